The van der Waals surface area contributed by atoms with Gasteiger partial charge in [-0.1, -0.05) is 83.1 Å². The fourth-order valence-corrected chi connectivity index (χ4v) is 15.8. The molecular formula is C37H64. The topological polar surface area (TPSA) is 0 Å². The van der Waals surface area contributed by atoms with Crippen LogP contribution in [0.5, 0.6) is 0 Å². The molecule has 4 atom stereocenters. The van der Waals surface area contributed by atoms with Crippen LogP contribution in [0, 0.1) is 72.4 Å². The van der Waals surface area contributed by atoms with Crippen molar-refractivity contribution < 1.29 is 0 Å². The van der Waals surface area contributed by atoms with Crippen molar-refractivity contribution in [1.29, 1.82) is 0 Å². The first kappa shape index (κ1) is 27.2. The highest BCUT2D eigenvalue weighted by Gasteiger charge is 2.76. The minimum atomic E-state index is 0.500. The standard InChI is InChI=1S/C18H28.C14H24.C5H12/c1-15-5-11-13-7-16(2)8-14(17(13,3)9-15)12(6-15)18(11,4)10-16;1-11-5-12(2)8-13(3,6-11)10-14(4,7-11)9-12;1-5(2,3)4/h11-14H,5-10H2,1-4H3;5-10H2,1-4H3;1-4H3. The van der Waals surface area contributed by atoms with E-state index in [1.54, 1.807) is 38.5 Å². The van der Waals surface area contributed by atoms with Crippen molar-refractivity contribution in [2.45, 2.75) is 160 Å². The van der Waals surface area contributed by atoms with Crippen molar-refractivity contribution in [3.8, 4) is 0 Å². The molecule has 11 aliphatic rings. The molecule has 0 spiro atoms. The van der Waals surface area contributed by atoms with Crippen LogP contribution in [0.1, 0.15) is 160 Å². The third kappa shape index (κ3) is 4.16. The Bertz CT molecular complexity index is 789. The summed E-state index contributed by atoms with van der Waals surface area (Å²) in [6.45, 7) is 29.6. The summed E-state index contributed by atoms with van der Waals surface area (Å²) in [5.74, 6) is 4.35. The first-order chi connectivity index (χ1) is 16.5. The van der Waals surface area contributed by atoms with Gasteiger partial charge in [-0.3, -0.25) is 0 Å². The smallest absolute Gasteiger partial charge is 0.0258 e. The van der Waals surface area contributed by atoms with Gasteiger partial charge in [0.05, 0.1) is 0 Å². The lowest BCUT2D eigenvalue weighted by Gasteiger charge is -2.81. The summed E-state index contributed by atoms with van der Waals surface area (Å²) < 4.78 is 0. The van der Waals surface area contributed by atoms with Gasteiger partial charge >= 0.3 is 0 Å². The zero-order valence-electron chi connectivity index (χ0n) is 27.3. The summed E-state index contributed by atoms with van der Waals surface area (Å²) in [6.07, 6.45) is 18.4. The van der Waals surface area contributed by atoms with Gasteiger partial charge in [0.25, 0.3) is 0 Å². The first-order valence-electron chi connectivity index (χ1n) is 16.5. The second-order valence-corrected chi connectivity index (χ2v) is 21.5. The lowest BCUT2D eigenvalue weighted by molar-refractivity contribution is -0.324. The van der Waals surface area contributed by atoms with Crippen LogP contribution in [0.4, 0.5) is 0 Å². The van der Waals surface area contributed by atoms with Gasteiger partial charge in [0.2, 0.25) is 0 Å². The van der Waals surface area contributed by atoms with Crippen molar-refractivity contribution in [1.82, 2.24) is 0 Å². The second-order valence-electron chi connectivity index (χ2n) is 21.5. The van der Waals surface area contributed by atoms with Gasteiger partial charge in [-0.25, -0.2) is 0 Å². The Morgan fingerprint density at radius 1 is 0.351 bits per heavy atom. The number of hydrogen-bond acceptors (Lipinski definition) is 0. The molecule has 0 heteroatoms. The average molecular weight is 509 g/mol. The number of rotatable bonds is 0. The molecule has 0 N–H and O–H groups in total. The molecule has 0 aliphatic heterocycles. The van der Waals surface area contributed by atoms with Crippen LogP contribution in [0.15, 0.2) is 0 Å². The fourth-order valence-electron chi connectivity index (χ4n) is 15.8. The predicted octanol–water partition coefficient (Wildman–Crippen LogP) is 11.3. The zero-order chi connectivity index (χ0) is 27.3. The van der Waals surface area contributed by atoms with Crippen molar-refractivity contribution in [3.05, 3.63) is 0 Å². The van der Waals surface area contributed by atoms with E-state index in [0.717, 1.165) is 45.3 Å². The molecule has 0 aromatic carbocycles. The molecule has 0 saturated heterocycles. The van der Waals surface area contributed by atoms with Crippen LogP contribution >= 0.6 is 0 Å². The summed E-state index contributed by atoms with van der Waals surface area (Å²) in [6, 6.07) is 0. The Morgan fingerprint density at radius 3 is 0.730 bits per heavy atom. The molecule has 0 radical (unpaired) electrons. The lowest BCUT2D eigenvalue weighted by Crippen LogP contribution is -2.74. The maximum atomic E-state index is 2.70. The van der Waals surface area contributed by atoms with Gasteiger partial charge in [-0.05, 0) is 149 Å². The second kappa shape index (κ2) is 7.25. The summed E-state index contributed by atoms with van der Waals surface area (Å²) >= 11 is 0. The largest absolute Gasteiger partial charge is 0.0604 e. The highest BCUT2D eigenvalue weighted by atomic mass is 14.8. The normalized spacial score (nSPS) is 63.2. The molecule has 37 heavy (non-hydrogen) atoms. The van der Waals surface area contributed by atoms with Crippen LogP contribution in [0.25, 0.3) is 0 Å². The molecule has 0 heterocycles. The van der Waals surface area contributed by atoms with Gasteiger partial charge < -0.3 is 0 Å². The van der Waals surface area contributed by atoms with Gasteiger partial charge in [0, 0.05) is 0 Å². The SMILES string of the molecule is CC(C)(C)C.CC12CC3(C)CC(C)(C1)CC(C)(C2)C3.CC12CC3C4CC5(C)CC(C(C1)C3(C)C5)C4(C)C2. The Morgan fingerprint density at radius 2 is 0.541 bits per heavy atom. The molecule has 0 aromatic rings. The Kier molecular flexibility index (Phi) is 5.33. The molecule has 11 saturated carbocycles. The van der Waals surface area contributed by atoms with Crippen molar-refractivity contribution in [2.75, 3.05) is 0 Å². The van der Waals surface area contributed by atoms with Gasteiger partial charge in [0.15, 0.2) is 0 Å². The maximum Gasteiger partial charge on any atom is -0.0258 e. The van der Waals surface area contributed by atoms with E-state index in [-0.39, 0.29) is 0 Å². The van der Waals surface area contributed by atoms with E-state index in [4.69, 9.17) is 0 Å². The molecule has 11 aliphatic carbocycles. The summed E-state index contributed by atoms with van der Waals surface area (Å²) in [7, 11) is 0. The van der Waals surface area contributed by atoms with E-state index in [1.807, 2.05) is 0 Å². The lowest BCUT2D eigenvalue weighted by atomic mass is 9.23. The fraction of sp³-hybridized carbons (Fsp3) is 1.00. The third-order valence-electron chi connectivity index (χ3n) is 13.9. The maximum absolute atomic E-state index is 2.70. The van der Waals surface area contributed by atoms with Crippen LogP contribution in [0.3, 0.4) is 0 Å². The predicted molar refractivity (Wildman–Crippen MR) is 159 cm³/mol. The van der Waals surface area contributed by atoms with Crippen molar-refractivity contribution >= 4 is 0 Å². The first-order valence-corrected chi connectivity index (χ1v) is 16.5. The molecule has 0 amide bonds. The molecule has 4 unspecified atom stereocenters. The van der Waals surface area contributed by atoms with E-state index in [2.05, 4.69) is 83.1 Å². The van der Waals surface area contributed by atoms with Gasteiger partial charge in [0.1, 0.15) is 0 Å². The summed E-state index contributed by atoms with van der Waals surface area (Å²) in [5, 5.41) is 0. The van der Waals surface area contributed by atoms with E-state index in [0.29, 0.717) is 27.1 Å². The Hall–Kier alpha value is 0. The van der Waals surface area contributed by atoms with E-state index in [9.17, 15) is 0 Å². The van der Waals surface area contributed by atoms with E-state index in [1.165, 1.54) is 38.5 Å². The minimum Gasteiger partial charge on any atom is -0.0604 e. The summed E-state index contributed by atoms with van der Waals surface area (Å²) in [5.41, 5.74) is 6.17. The van der Waals surface area contributed by atoms with Crippen LogP contribution in [0.2, 0.25) is 0 Å². The average Bonchev–Trinajstić information content (AvgIpc) is 2.59. The van der Waals surface area contributed by atoms with Crippen molar-refractivity contribution in [3.63, 3.8) is 0 Å². The molecule has 0 aromatic heterocycles. The zero-order valence-corrected chi connectivity index (χ0v) is 27.3. The Balaban J connectivity index is 0.000000119. The third-order valence-corrected chi connectivity index (χ3v) is 13.9. The van der Waals surface area contributed by atoms with Gasteiger partial charge in [-0.2, -0.15) is 0 Å². The monoisotopic (exact) mass is 509 g/mol. The number of hydrogen-bond donors (Lipinski definition) is 0. The van der Waals surface area contributed by atoms with Gasteiger partial charge in [-0.15, -0.1) is 0 Å². The molecule has 0 nitrogen and oxygen atoms in total. The molecule has 11 rings (SSSR count). The molecular weight excluding hydrogens is 444 g/mol. The van der Waals surface area contributed by atoms with Crippen LogP contribution in [-0.4, -0.2) is 0 Å². The van der Waals surface area contributed by atoms with Crippen LogP contribution < -0.4 is 0 Å². The molecule has 12 bridgehead atoms. The van der Waals surface area contributed by atoms with Crippen molar-refractivity contribution in [2.24, 2.45) is 72.4 Å². The molecule has 11 fully saturated rings. The quantitative estimate of drug-likeness (QED) is 0.305. The highest BCUT2D eigenvalue weighted by Crippen LogP contribution is 2.84. The van der Waals surface area contributed by atoms with Crippen LogP contribution in [-0.2, 0) is 0 Å². The van der Waals surface area contributed by atoms with E-state index >= 15 is 0 Å². The summed E-state index contributed by atoms with van der Waals surface area (Å²) in [4.78, 5) is 0. The molecule has 212 valence electrons. The Labute approximate surface area is 232 Å². The minimum absolute atomic E-state index is 0.500. The highest BCUT2D eigenvalue weighted by molar-refractivity contribution is 5.25. The van der Waals surface area contributed by atoms with E-state index < -0.39 is 0 Å².